The molecule has 0 unspecified atom stereocenters. The van der Waals surface area contributed by atoms with Crippen molar-refractivity contribution in [1.82, 2.24) is 9.55 Å². The van der Waals surface area contributed by atoms with Crippen LogP contribution in [0.3, 0.4) is 0 Å². The summed E-state index contributed by atoms with van der Waals surface area (Å²) >= 11 is 8.93. The second-order valence-electron chi connectivity index (χ2n) is 4.22. The van der Waals surface area contributed by atoms with Gasteiger partial charge in [-0.1, -0.05) is 40.2 Å². The number of nitrogens with one attached hydrogen (secondary N) is 1. The van der Waals surface area contributed by atoms with Crippen molar-refractivity contribution < 1.29 is 0 Å². The number of aryl methyl sites for hydroxylation is 1. The maximum atomic E-state index is 5.35. The van der Waals surface area contributed by atoms with E-state index in [2.05, 4.69) is 45.2 Å². The highest BCUT2D eigenvalue weighted by molar-refractivity contribution is 9.10. The first kappa shape index (κ1) is 11.7. The Morgan fingerprint density at radius 1 is 1.11 bits per heavy atom. The zero-order chi connectivity index (χ0) is 12.7. The van der Waals surface area contributed by atoms with Gasteiger partial charge in [-0.2, -0.15) is 0 Å². The van der Waals surface area contributed by atoms with Crippen molar-refractivity contribution in [3.8, 4) is 5.69 Å². The van der Waals surface area contributed by atoms with Gasteiger partial charge in [-0.15, -0.1) is 0 Å². The number of aromatic nitrogens is 2. The lowest BCUT2D eigenvalue weighted by atomic mass is 10.1. The van der Waals surface area contributed by atoms with Gasteiger partial charge in [-0.25, -0.2) is 0 Å². The van der Waals surface area contributed by atoms with Crippen molar-refractivity contribution >= 4 is 38.9 Å². The van der Waals surface area contributed by atoms with Gasteiger partial charge in [-0.05, 0) is 36.7 Å². The summed E-state index contributed by atoms with van der Waals surface area (Å²) in [6, 6.07) is 12.4. The van der Waals surface area contributed by atoms with Crippen LogP contribution in [0.25, 0.3) is 16.5 Å². The van der Waals surface area contributed by atoms with E-state index < -0.39 is 0 Å². The quantitative estimate of drug-likeness (QED) is 0.641. The summed E-state index contributed by atoms with van der Waals surface area (Å²) in [4.78, 5) is 3.15. The summed E-state index contributed by atoms with van der Waals surface area (Å²) in [5, 5.41) is 2.37. The molecule has 3 rings (SSSR count). The normalized spacial score (nSPS) is 11.0. The zero-order valence-corrected chi connectivity index (χ0v) is 12.2. The van der Waals surface area contributed by atoms with Crippen LogP contribution in [0, 0.1) is 11.7 Å². The van der Waals surface area contributed by atoms with Gasteiger partial charge in [0.15, 0.2) is 4.77 Å². The number of hydrogen-bond acceptors (Lipinski definition) is 1. The molecule has 0 aliphatic rings. The molecule has 2 aromatic carbocycles. The molecule has 0 bridgehead atoms. The minimum Gasteiger partial charge on any atom is -0.335 e. The summed E-state index contributed by atoms with van der Waals surface area (Å²) in [6.07, 6.45) is 2.03. The van der Waals surface area contributed by atoms with Gasteiger partial charge in [0, 0.05) is 21.7 Å². The van der Waals surface area contributed by atoms with E-state index in [1.54, 1.807) is 0 Å². The van der Waals surface area contributed by atoms with Gasteiger partial charge in [0.25, 0.3) is 0 Å². The molecule has 90 valence electrons. The highest BCUT2D eigenvalue weighted by Gasteiger charge is 2.07. The predicted molar refractivity (Wildman–Crippen MR) is 80.9 cm³/mol. The molecular formula is C14H11BrN2S. The molecule has 0 fully saturated rings. The highest BCUT2D eigenvalue weighted by Crippen LogP contribution is 2.29. The van der Waals surface area contributed by atoms with E-state index in [0.717, 1.165) is 20.6 Å². The molecule has 0 spiro atoms. The standard InChI is InChI=1S/C14H11BrN2S/c1-9-8-17(14(18)16-9)13-7-6-12(15)10-4-2-3-5-11(10)13/h2-8H,1H3,(H,16,18). The van der Waals surface area contributed by atoms with E-state index in [4.69, 9.17) is 12.2 Å². The van der Waals surface area contributed by atoms with E-state index in [1.807, 2.05) is 29.8 Å². The van der Waals surface area contributed by atoms with E-state index in [9.17, 15) is 0 Å². The minimum atomic E-state index is 0.722. The third-order valence-electron chi connectivity index (χ3n) is 2.95. The Morgan fingerprint density at radius 2 is 1.83 bits per heavy atom. The summed E-state index contributed by atoms with van der Waals surface area (Å²) in [5.41, 5.74) is 2.16. The van der Waals surface area contributed by atoms with Crippen LogP contribution < -0.4 is 0 Å². The Balaban J connectivity index is 2.40. The van der Waals surface area contributed by atoms with Crippen LogP contribution in [0.4, 0.5) is 0 Å². The molecule has 1 N–H and O–H groups in total. The maximum Gasteiger partial charge on any atom is 0.182 e. The number of H-pyrrole nitrogens is 1. The first-order chi connectivity index (χ1) is 8.66. The van der Waals surface area contributed by atoms with Crippen LogP contribution in [-0.4, -0.2) is 9.55 Å². The average Bonchev–Trinajstić information content (AvgIpc) is 2.69. The van der Waals surface area contributed by atoms with Gasteiger partial charge in [-0.3, -0.25) is 4.57 Å². The molecule has 4 heteroatoms. The van der Waals surface area contributed by atoms with Crippen LogP contribution in [0.15, 0.2) is 47.1 Å². The maximum absolute atomic E-state index is 5.35. The third kappa shape index (κ3) is 1.82. The first-order valence-electron chi connectivity index (χ1n) is 5.63. The topological polar surface area (TPSA) is 20.7 Å². The largest absolute Gasteiger partial charge is 0.335 e. The molecule has 0 saturated heterocycles. The zero-order valence-electron chi connectivity index (χ0n) is 9.77. The number of rotatable bonds is 1. The lowest BCUT2D eigenvalue weighted by Gasteiger charge is -2.08. The van der Waals surface area contributed by atoms with E-state index in [1.165, 1.54) is 10.8 Å². The fourth-order valence-corrected chi connectivity index (χ4v) is 2.94. The lowest BCUT2D eigenvalue weighted by Crippen LogP contribution is -1.93. The van der Waals surface area contributed by atoms with Crippen LogP contribution in [0.1, 0.15) is 5.69 Å². The SMILES string of the molecule is Cc1cn(-c2ccc(Br)c3ccccc23)c(=S)[nH]1. The Kier molecular flexibility index (Phi) is 2.84. The molecule has 0 atom stereocenters. The monoisotopic (exact) mass is 318 g/mol. The predicted octanol–water partition coefficient (Wildman–Crippen LogP) is 4.76. The second kappa shape index (κ2) is 4.37. The van der Waals surface area contributed by atoms with Crippen molar-refractivity contribution in [2.75, 3.05) is 0 Å². The molecular weight excluding hydrogens is 308 g/mol. The number of aromatic amines is 1. The van der Waals surface area contributed by atoms with E-state index in [-0.39, 0.29) is 0 Å². The van der Waals surface area contributed by atoms with Crippen molar-refractivity contribution in [2.45, 2.75) is 6.92 Å². The number of nitrogens with zero attached hydrogens (tertiary/aromatic N) is 1. The van der Waals surface area contributed by atoms with E-state index in [0.29, 0.717) is 0 Å². The van der Waals surface area contributed by atoms with Crippen LogP contribution in [0.2, 0.25) is 0 Å². The molecule has 0 aliphatic heterocycles. The Hall–Kier alpha value is -1.39. The summed E-state index contributed by atoms with van der Waals surface area (Å²) in [7, 11) is 0. The molecule has 1 aromatic heterocycles. The smallest absolute Gasteiger partial charge is 0.182 e. The molecule has 2 nitrogen and oxygen atoms in total. The van der Waals surface area contributed by atoms with Crippen molar-refractivity contribution in [3.05, 3.63) is 57.5 Å². The first-order valence-corrected chi connectivity index (χ1v) is 6.83. The molecule has 0 radical (unpaired) electrons. The number of fused-ring (bicyclic) bond motifs is 1. The number of halogens is 1. The van der Waals surface area contributed by atoms with Gasteiger partial charge in [0.05, 0.1) is 5.69 Å². The number of hydrogen-bond donors (Lipinski definition) is 1. The summed E-state index contributed by atoms with van der Waals surface area (Å²) in [5.74, 6) is 0. The van der Waals surface area contributed by atoms with Crippen molar-refractivity contribution in [1.29, 1.82) is 0 Å². The van der Waals surface area contributed by atoms with Crippen molar-refractivity contribution in [3.63, 3.8) is 0 Å². The van der Waals surface area contributed by atoms with Crippen LogP contribution >= 0.6 is 28.1 Å². The summed E-state index contributed by atoms with van der Waals surface area (Å²) < 4.78 is 3.83. The fraction of sp³-hybridized carbons (Fsp3) is 0.0714. The second-order valence-corrected chi connectivity index (χ2v) is 5.47. The molecule has 3 aromatic rings. The lowest BCUT2D eigenvalue weighted by molar-refractivity contribution is 1.04. The van der Waals surface area contributed by atoms with E-state index >= 15 is 0 Å². The average molecular weight is 319 g/mol. The summed E-state index contributed by atoms with van der Waals surface area (Å²) in [6.45, 7) is 2.01. The Bertz CT molecular complexity index is 786. The minimum absolute atomic E-state index is 0.722. The van der Waals surface area contributed by atoms with Gasteiger partial charge in [0.2, 0.25) is 0 Å². The molecule has 18 heavy (non-hydrogen) atoms. The number of imidazole rings is 1. The molecule has 1 heterocycles. The van der Waals surface area contributed by atoms with Crippen LogP contribution in [0.5, 0.6) is 0 Å². The third-order valence-corrected chi connectivity index (χ3v) is 3.94. The van der Waals surface area contributed by atoms with Crippen LogP contribution in [-0.2, 0) is 0 Å². The Labute approximate surface area is 118 Å². The highest BCUT2D eigenvalue weighted by atomic mass is 79.9. The number of benzene rings is 2. The fourth-order valence-electron chi connectivity index (χ4n) is 2.15. The molecule has 0 saturated carbocycles. The Morgan fingerprint density at radius 3 is 2.50 bits per heavy atom. The van der Waals surface area contributed by atoms with Crippen molar-refractivity contribution in [2.24, 2.45) is 0 Å². The van der Waals surface area contributed by atoms with Gasteiger partial charge >= 0.3 is 0 Å². The molecule has 0 aliphatic carbocycles. The molecule has 0 amide bonds. The van der Waals surface area contributed by atoms with Gasteiger partial charge in [0.1, 0.15) is 0 Å². The van der Waals surface area contributed by atoms with Gasteiger partial charge < -0.3 is 4.98 Å².